The van der Waals surface area contributed by atoms with Crippen LogP contribution >= 0.6 is 0 Å². The highest BCUT2D eigenvalue weighted by Crippen LogP contribution is 2.08. The molecule has 4 heteroatoms. The highest BCUT2D eigenvalue weighted by atomic mass is 16.5. The summed E-state index contributed by atoms with van der Waals surface area (Å²) < 4.78 is 5.02. The highest BCUT2D eigenvalue weighted by molar-refractivity contribution is 5.74. The molecule has 0 unspecified atom stereocenters. The lowest BCUT2D eigenvalue weighted by Crippen LogP contribution is -2.47. The van der Waals surface area contributed by atoms with Crippen molar-refractivity contribution in [1.82, 2.24) is 10.2 Å². The Labute approximate surface area is 93.0 Å². The van der Waals surface area contributed by atoms with Crippen molar-refractivity contribution in [2.75, 3.05) is 26.8 Å². The van der Waals surface area contributed by atoms with Gasteiger partial charge < -0.3 is 15.0 Å². The van der Waals surface area contributed by atoms with Gasteiger partial charge in [-0.3, -0.25) is 0 Å². The first-order valence-electron chi connectivity index (χ1n) is 5.74. The zero-order valence-corrected chi connectivity index (χ0v) is 10.4. The van der Waals surface area contributed by atoms with E-state index in [9.17, 15) is 4.79 Å². The van der Waals surface area contributed by atoms with Crippen molar-refractivity contribution >= 4 is 6.03 Å². The van der Waals surface area contributed by atoms with Gasteiger partial charge in [-0.1, -0.05) is 13.8 Å². The van der Waals surface area contributed by atoms with Gasteiger partial charge in [0.2, 0.25) is 0 Å². The number of carbonyl (C=O) groups excluding carboxylic acids is 1. The number of urea groups is 1. The van der Waals surface area contributed by atoms with E-state index in [4.69, 9.17) is 4.74 Å². The molecule has 15 heavy (non-hydrogen) atoms. The van der Waals surface area contributed by atoms with Crippen LogP contribution in [0.4, 0.5) is 4.79 Å². The van der Waals surface area contributed by atoms with Gasteiger partial charge >= 0.3 is 6.03 Å². The number of hydrogen-bond donors (Lipinski definition) is 1. The van der Waals surface area contributed by atoms with E-state index in [1.165, 1.54) is 0 Å². The lowest BCUT2D eigenvalue weighted by Gasteiger charge is -2.30. The maximum absolute atomic E-state index is 11.8. The molecule has 2 amide bonds. The standard InChI is InChI=1S/C11H24N2O2/c1-5-10(6-2)13(8-9-15-4)11(14)12-7-3/h10H,5-9H2,1-4H3,(H,12,14). The van der Waals surface area contributed by atoms with Gasteiger partial charge in [-0.05, 0) is 19.8 Å². The van der Waals surface area contributed by atoms with Crippen LogP contribution in [0.1, 0.15) is 33.6 Å². The van der Waals surface area contributed by atoms with Crippen molar-refractivity contribution in [3.8, 4) is 0 Å². The maximum Gasteiger partial charge on any atom is 0.317 e. The minimum Gasteiger partial charge on any atom is -0.383 e. The molecule has 90 valence electrons. The summed E-state index contributed by atoms with van der Waals surface area (Å²) in [6.07, 6.45) is 1.97. The Kier molecular flexibility index (Phi) is 8.09. The van der Waals surface area contributed by atoms with Crippen LogP contribution in [0.2, 0.25) is 0 Å². The summed E-state index contributed by atoms with van der Waals surface area (Å²) in [7, 11) is 1.66. The van der Waals surface area contributed by atoms with E-state index < -0.39 is 0 Å². The van der Waals surface area contributed by atoms with Crippen LogP contribution in [-0.4, -0.2) is 43.8 Å². The minimum atomic E-state index is 0.0169. The van der Waals surface area contributed by atoms with Crippen molar-refractivity contribution in [2.45, 2.75) is 39.7 Å². The van der Waals surface area contributed by atoms with Crippen molar-refractivity contribution in [1.29, 1.82) is 0 Å². The van der Waals surface area contributed by atoms with Gasteiger partial charge in [-0.25, -0.2) is 4.79 Å². The SMILES string of the molecule is CCNC(=O)N(CCOC)C(CC)CC. The van der Waals surface area contributed by atoms with E-state index in [0.717, 1.165) is 12.8 Å². The van der Waals surface area contributed by atoms with Gasteiger partial charge in [0.05, 0.1) is 6.61 Å². The summed E-state index contributed by atoms with van der Waals surface area (Å²) in [5.41, 5.74) is 0. The number of nitrogens with one attached hydrogen (secondary N) is 1. The van der Waals surface area contributed by atoms with Gasteiger partial charge in [0.25, 0.3) is 0 Å². The van der Waals surface area contributed by atoms with Crippen molar-refractivity contribution in [2.24, 2.45) is 0 Å². The Morgan fingerprint density at radius 2 is 1.93 bits per heavy atom. The molecule has 0 rings (SSSR count). The van der Waals surface area contributed by atoms with E-state index in [1.807, 2.05) is 11.8 Å². The molecule has 1 N–H and O–H groups in total. The average molecular weight is 216 g/mol. The molecule has 0 saturated heterocycles. The third-order valence-electron chi connectivity index (χ3n) is 2.51. The summed E-state index contributed by atoms with van der Waals surface area (Å²) in [6, 6.07) is 0.329. The van der Waals surface area contributed by atoms with Gasteiger partial charge in [0.15, 0.2) is 0 Å². The molecule has 0 heterocycles. The van der Waals surface area contributed by atoms with Crippen molar-refractivity contribution in [3.05, 3.63) is 0 Å². The van der Waals surface area contributed by atoms with E-state index in [0.29, 0.717) is 25.7 Å². The molecule has 0 aromatic carbocycles. The fraction of sp³-hybridized carbons (Fsp3) is 0.909. The monoisotopic (exact) mass is 216 g/mol. The molecule has 0 radical (unpaired) electrons. The molecular formula is C11H24N2O2. The molecule has 0 aromatic rings. The van der Waals surface area contributed by atoms with Gasteiger partial charge in [-0.15, -0.1) is 0 Å². The molecule has 0 atom stereocenters. The zero-order chi connectivity index (χ0) is 11.7. The van der Waals surface area contributed by atoms with Gasteiger partial charge in [0, 0.05) is 26.2 Å². The summed E-state index contributed by atoms with van der Waals surface area (Å²) in [5, 5.41) is 2.84. The van der Waals surface area contributed by atoms with Crippen LogP contribution in [0.3, 0.4) is 0 Å². The van der Waals surface area contributed by atoms with Crippen LogP contribution in [0.25, 0.3) is 0 Å². The Hall–Kier alpha value is -0.770. The lowest BCUT2D eigenvalue weighted by atomic mass is 10.1. The topological polar surface area (TPSA) is 41.6 Å². The van der Waals surface area contributed by atoms with E-state index >= 15 is 0 Å². The number of carbonyl (C=O) groups is 1. The minimum absolute atomic E-state index is 0.0169. The van der Waals surface area contributed by atoms with E-state index in [1.54, 1.807) is 7.11 Å². The van der Waals surface area contributed by atoms with Crippen molar-refractivity contribution < 1.29 is 9.53 Å². The summed E-state index contributed by atoms with van der Waals surface area (Å²) in [5.74, 6) is 0. The van der Waals surface area contributed by atoms with Gasteiger partial charge in [0.1, 0.15) is 0 Å². The second kappa shape index (κ2) is 8.53. The molecular weight excluding hydrogens is 192 g/mol. The third-order valence-corrected chi connectivity index (χ3v) is 2.51. The van der Waals surface area contributed by atoms with E-state index in [-0.39, 0.29) is 6.03 Å². The molecule has 0 aliphatic heterocycles. The van der Waals surface area contributed by atoms with Crippen LogP contribution < -0.4 is 5.32 Å². The second-order valence-electron chi connectivity index (χ2n) is 3.49. The number of methoxy groups -OCH3 is 1. The van der Waals surface area contributed by atoms with Crippen LogP contribution in [0.5, 0.6) is 0 Å². The molecule has 0 aromatic heterocycles. The van der Waals surface area contributed by atoms with Crippen LogP contribution in [0.15, 0.2) is 0 Å². The number of hydrogen-bond acceptors (Lipinski definition) is 2. The summed E-state index contributed by atoms with van der Waals surface area (Å²) in [4.78, 5) is 13.6. The molecule has 0 aliphatic carbocycles. The molecule has 0 bridgehead atoms. The van der Waals surface area contributed by atoms with Crippen LogP contribution in [0, 0.1) is 0 Å². The summed E-state index contributed by atoms with van der Waals surface area (Å²) in [6.45, 7) is 8.06. The molecule has 0 saturated carbocycles. The van der Waals surface area contributed by atoms with E-state index in [2.05, 4.69) is 19.2 Å². The Morgan fingerprint density at radius 3 is 2.33 bits per heavy atom. The maximum atomic E-state index is 11.8. The fourth-order valence-electron chi connectivity index (χ4n) is 1.62. The largest absolute Gasteiger partial charge is 0.383 e. The predicted octanol–water partition coefficient (Wildman–Crippen LogP) is 1.85. The Bertz CT molecular complexity index is 170. The average Bonchev–Trinajstić information content (AvgIpc) is 2.24. The Balaban J connectivity index is 4.33. The highest BCUT2D eigenvalue weighted by Gasteiger charge is 2.19. The van der Waals surface area contributed by atoms with Crippen molar-refractivity contribution in [3.63, 3.8) is 0 Å². The molecule has 4 nitrogen and oxygen atoms in total. The first-order chi connectivity index (χ1) is 7.21. The fourth-order valence-corrected chi connectivity index (χ4v) is 1.62. The normalized spacial score (nSPS) is 10.5. The number of ether oxygens (including phenoxy) is 1. The Morgan fingerprint density at radius 1 is 1.33 bits per heavy atom. The third kappa shape index (κ3) is 5.02. The molecule has 0 aliphatic rings. The first kappa shape index (κ1) is 14.2. The first-order valence-corrected chi connectivity index (χ1v) is 5.74. The molecule has 0 spiro atoms. The quantitative estimate of drug-likeness (QED) is 0.705. The predicted molar refractivity (Wildman–Crippen MR) is 62.0 cm³/mol. The smallest absolute Gasteiger partial charge is 0.317 e. The zero-order valence-electron chi connectivity index (χ0n) is 10.4. The number of rotatable bonds is 7. The number of nitrogens with zero attached hydrogens (tertiary/aromatic N) is 1. The van der Waals surface area contributed by atoms with Crippen LogP contribution in [-0.2, 0) is 4.74 Å². The summed E-state index contributed by atoms with van der Waals surface area (Å²) >= 11 is 0. The van der Waals surface area contributed by atoms with Gasteiger partial charge in [-0.2, -0.15) is 0 Å². The second-order valence-corrected chi connectivity index (χ2v) is 3.49. The molecule has 0 fully saturated rings. The number of amides is 2. The lowest BCUT2D eigenvalue weighted by molar-refractivity contribution is 0.126.